The van der Waals surface area contributed by atoms with Gasteiger partial charge in [-0.15, -0.1) is 0 Å². The van der Waals surface area contributed by atoms with Crippen molar-refractivity contribution < 1.29 is 13.6 Å². The van der Waals surface area contributed by atoms with Crippen LogP contribution in [0.2, 0.25) is 0 Å². The molecule has 0 saturated heterocycles. The van der Waals surface area contributed by atoms with Crippen molar-refractivity contribution >= 4 is 32.6 Å². The molecule has 1 heterocycles. The molecular weight excluding hydrogens is 356 g/mol. The lowest BCUT2D eigenvalue weighted by Gasteiger charge is -2.22. The Kier molecular flexibility index (Phi) is 5.29. The van der Waals surface area contributed by atoms with Crippen LogP contribution >= 0.6 is 11.3 Å². The second-order valence-corrected chi connectivity index (χ2v) is 7.28. The molecule has 4 nitrogen and oxygen atoms in total. The lowest BCUT2D eigenvalue weighted by atomic mass is 10.1. The SMILES string of the molecule is Cc1cccc2sc(N(CCN(C)C)C(=O)c3c(F)cccc3F)nc12. The zero-order valence-electron chi connectivity index (χ0n) is 14.8. The van der Waals surface area contributed by atoms with Crippen LogP contribution < -0.4 is 4.90 Å². The fourth-order valence-corrected chi connectivity index (χ4v) is 3.68. The molecule has 7 heteroatoms. The van der Waals surface area contributed by atoms with E-state index in [2.05, 4.69) is 4.98 Å². The van der Waals surface area contributed by atoms with Crippen LogP contribution in [0.4, 0.5) is 13.9 Å². The molecule has 0 N–H and O–H groups in total. The molecule has 1 aromatic heterocycles. The molecule has 0 bridgehead atoms. The van der Waals surface area contributed by atoms with Crippen molar-refractivity contribution in [3.05, 3.63) is 59.2 Å². The van der Waals surface area contributed by atoms with E-state index in [0.29, 0.717) is 11.7 Å². The van der Waals surface area contributed by atoms with Gasteiger partial charge in [0, 0.05) is 13.1 Å². The summed E-state index contributed by atoms with van der Waals surface area (Å²) in [5.74, 6) is -2.47. The van der Waals surface area contributed by atoms with Crippen molar-refractivity contribution in [2.24, 2.45) is 0 Å². The van der Waals surface area contributed by atoms with Gasteiger partial charge in [-0.25, -0.2) is 13.8 Å². The summed E-state index contributed by atoms with van der Waals surface area (Å²) in [6, 6.07) is 9.19. The van der Waals surface area contributed by atoms with Crippen molar-refractivity contribution in [2.45, 2.75) is 6.92 Å². The average molecular weight is 375 g/mol. The molecule has 136 valence electrons. The second kappa shape index (κ2) is 7.47. The number of amides is 1. The molecule has 3 rings (SSSR count). The van der Waals surface area contributed by atoms with E-state index in [1.807, 2.05) is 44.1 Å². The molecule has 26 heavy (non-hydrogen) atoms. The van der Waals surface area contributed by atoms with E-state index >= 15 is 0 Å². The Labute approximate surface area is 154 Å². The monoisotopic (exact) mass is 375 g/mol. The molecule has 0 radical (unpaired) electrons. The number of carbonyl (C=O) groups excluding carboxylic acids is 1. The molecule has 1 amide bonds. The first kappa shape index (κ1) is 18.4. The van der Waals surface area contributed by atoms with E-state index in [1.165, 1.54) is 22.3 Å². The molecule has 0 unspecified atom stereocenters. The standard InChI is InChI=1S/C19H19F2N3OS/c1-12-6-4-9-15-17(12)22-19(26-15)24(11-10-23(2)3)18(25)16-13(20)7-5-8-14(16)21/h4-9H,10-11H2,1-3H3. The summed E-state index contributed by atoms with van der Waals surface area (Å²) < 4.78 is 29.2. The minimum atomic E-state index is -0.873. The average Bonchev–Trinajstić information content (AvgIpc) is 3.00. The molecule has 0 fully saturated rings. The van der Waals surface area contributed by atoms with Gasteiger partial charge in [0.15, 0.2) is 5.13 Å². The van der Waals surface area contributed by atoms with Crippen LogP contribution in [-0.4, -0.2) is 43.0 Å². The zero-order chi connectivity index (χ0) is 18.8. The minimum Gasteiger partial charge on any atom is -0.308 e. The van der Waals surface area contributed by atoms with E-state index in [4.69, 9.17) is 0 Å². The van der Waals surface area contributed by atoms with E-state index in [-0.39, 0.29) is 6.54 Å². The van der Waals surface area contributed by atoms with Crippen LogP contribution in [0.5, 0.6) is 0 Å². The predicted molar refractivity (Wildman–Crippen MR) is 101 cm³/mol. The van der Waals surface area contributed by atoms with Gasteiger partial charge in [-0.2, -0.15) is 0 Å². The highest BCUT2D eigenvalue weighted by molar-refractivity contribution is 7.22. The number of aryl methyl sites for hydroxylation is 1. The molecule has 2 aromatic carbocycles. The summed E-state index contributed by atoms with van der Waals surface area (Å²) in [5.41, 5.74) is 1.23. The zero-order valence-corrected chi connectivity index (χ0v) is 15.6. The minimum absolute atomic E-state index is 0.276. The third kappa shape index (κ3) is 3.59. The van der Waals surface area contributed by atoms with E-state index in [1.54, 1.807) is 0 Å². The number of carbonyl (C=O) groups is 1. The number of likely N-dealkylation sites (N-methyl/N-ethyl adjacent to an activating group) is 1. The first-order chi connectivity index (χ1) is 12.4. The molecular formula is C19H19F2N3OS. The maximum Gasteiger partial charge on any atom is 0.266 e. The predicted octanol–water partition coefficient (Wildman–Crippen LogP) is 4.09. The number of anilines is 1. The highest BCUT2D eigenvalue weighted by Crippen LogP contribution is 2.31. The van der Waals surface area contributed by atoms with Crippen LogP contribution in [-0.2, 0) is 0 Å². The number of hydrogen-bond acceptors (Lipinski definition) is 4. The van der Waals surface area contributed by atoms with E-state index in [0.717, 1.165) is 27.9 Å². The second-order valence-electron chi connectivity index (χ2n) is 6.27. The van der Waals surface area contributed by atoms with Crippen LogP contribution in [0.15, 0.2) is 36.4 Å². The van der Waals surface area contributed by atoms with Gasteiger partial charge in [-0.1, -0.05) is 29.5 Å². The van der Waals surface area contributed by atoms with Crippen LogP contribution in [0.25, 0.3) is 10.2 Å². The van der Waals surface area contributed by atoms with Crippen LogP contribution in [0.1, 0.15) is 15.9 Å². The van der Waals surface area contributed by atoms with Crippen LogP contribution in [0.3, 0.4) is 0 Å². The van der Waals surface area contributed by atoms with Crippen molar-refractivity contribution in [1.29, 1.82) is 0 Å². The number of nitrogens with zero attached hydrogens (tertiary/aromatic N) is 3. The molecule has 0 aliphatic heterocycles. The highest BCUT2D eigenvalue weighted by Gasteiger charge is 2.26. The summed E-state index contributed by atoms with van der Waals surface area (Å²) in [4.78, 5) is 20.8. The summed E-state index contributed by atoms with van der Waals surface area (Å²) >= 11 is 1.34. The first-order valence-corrected chi connectivity index (χ1v) is 8.97. The van der Waals surface area contributed by atoms with Gasteiger partial charge in [-0.3, -0.25) is 9.69 Å². The summed E-state index contributed by atoms with van der Waals surface area (Å²) in [7, 11) is 3.74. The summed E-state index contributed by atoms with van der Waals surface area (Å²) in [5, 5.41) is 0.434. The Morgan fingerprint density at radius 1 is 1.08 bits per heavy atom. The summed E-state index contributed by atoms with van der Waals surface area (Å²) in [6.07, 6.45) is 0. The maximum atomic E-state index is 14.1. The lowest BCUT2D eigenvalue weighted by molar-refractivity contribution is 0.0977. The number of halogens is 2. The van der Waals surface area contributed by atoms with E-state index in [9.17, 15) is 13.6 Å². The van der Waals surface area contributed by atoms with Gasteiger partial charge >= 0.3 is 0 Å². The fourth-order valence-electron chi connectivity index (χ4n) is 2.61. The Morgan fingerprint density at radius 2 is 1.73 bits per heavy atom. The van der Waals surface area contributed by atoms with Crippen molar-refractivity contribution in [3.8, 4) is 0 Å². The summed E-state index contributed by atoms with van der Waals surface area (Å²) in [6.45, 7) is 2.75. The third-order valence-corrected chi connectivity index (χ3v) is 5.08. The van der Waals surface area contributed by atoms with Gasteiger partial charge in [0.05, 0.1) is 10.2 Å². The largest absolute Gasteiger partial charge is 0.308 e. The quantitative estimate of drug-likeness (QED) is 0.674. The normalized spacial score (nSPS) is 11.3. The number of benzene rings is 2. The molecule has 0 atom stereocenters. The van der Waals surface area contributed by atoms with Gasteiger partial charge in [0.2, 0.25) is 0 Å². The Bertz CT molecular complexity index is 935. The van der Waals surface area contributed by atoms with Crippen LogP contribution in [0, 0.1) is 18.6 Å². The fraction of sp³-hybridized carbons (Fsp3) is 0.263. The van der Waals surface area contributed by atoms with Crippen molar-refractivity contribution in [3.63, 3.8) is 0 Å². The van der Waals surface area contributed by atoms with Gasteiger partial charge in [0.1, 0.15) is 17.2 Å². The van der Waals surface area contributed by atoms with Crippen molar-refractivity contribution in [2.75, 3.05) is 32.1 Å². The molecule has 0 aliphatic carbocycles. The highest BCUT2D eigenvalue weighted by atomic mass is 32.1. The van der Waals surface area contributed by atoms with Gasteiger partial charge in [-0.05, 0) is 44.8 Å². The Hall–Kier alpha value is -2.38. The number of hydrogen-bond donors (Lipinski definition) is 0. The third-order valence-electron chi connectivity index (χ3n) is 4.03. The van der Waals surface area contributed by atoms with E-state index < -0.39 is 23.1 Å². The van der Waals surface area contributed by atoms with Crippen molar-refractivity contribution in [1.82, 2.24) is 9.88 Å². The van der Waals surface area contributed by atoms with Gasteiger partial charge < -0.3 is 4.90 Å². The number of para-hydroxylation sites is 1. The lowest BCUT2D eigenvalue weighted by Crippen LogP contribution is -2.37. The number of thiazole rings is 1. The number of fused-ring (bicyclic) bond motifs is 1. The Morgan fingerprint density at radius 3 is 2.35 bits per heavy atom. The first-order valence-electron chi connectivity index (χ1n) is 8.15. The number of aromatic nitrogens is 1. The molecule has 0 spiro atoms. The Balaban J connectivity index is 2.06. The maximum absolute atomic E-state index is 14.1. The molecule has 3 aromatic rings. The smallest absolute Gasteiger partial charge is 0.266 e. The van der Waals surface area contributed by atoms with Gasteiger partial charge in [0.25, 0.3) is 5.91 Å². The number of rotatable bonds is 5. The molecule has 0 aliphatic rings. The topological polar surface area (TPSA) is 36.4 Å². The molecule has 0 saturated carbocycles.